The van der Waals surface area contributed by atoms with Gasteiger partial charge in [0.15, 0.2) is 0 Å². The maximum Gasteiger partial charge on any atom is 0.321 e. The van der Waals surface area contributed by atoms with Crippen molar-refractivity contribution in [1.82, 2.24) is 4.90 Å². The second-order valence-corrected chi connectivity index (χ2v) is 7.38. The van der Waals surface area contributed by atoms with Crippen LogP contribution in [-0.2, 0) is 0 Å². The highest BCUT2D eigenvalue weighted by atomic mass is 16.5. The summed E-state index contributed by atoms with van der Waals surface area (Å²) >= 11 is 0. The number of carbonyl (C=O) groups excluding carboxylic acids is 1. The molecule has 5 heteroatoms. The summed E-state index contributed by atoms with van der Waals surface area (Å²) < 4.78 is 5.90. The van der Waals surface area contributed by atoms with E-state index in [-0.39, 0.29) is 12.6 Å². The highest BCUT2D eigenvalue weighted by molar-refractivity contribution is 5.89. The SMILES string of the molecule is O=C(Nc1ccc(OCC2CCCCC2)cc1)N1CCC(CO)CC1. The Hall–Kier alpha value is -1.75. The first-order valence-electron chi connectivity index (χ1n) is 9.64. The van der Waals surface area contributed by atoms with E-state index in [1.165, 1.54) is 32.1 Å². The molecule has 2 aliphatic rings. The molecule has 25 heavy (non-hydrogen) atoms. The van der Waals surface area contributed by atoms with Crippen LogP contribution < -0.4 is 10.1 Å². The number of benzene rings is 1. The highest BCUT2D eigenvalue weighted by Gasteiger charge is 2.22. The van der Waals surface area contributed by atoms with Crippen LogP contribution in [-0.4, -0.2) is 42.3 Å². The molecule has 3 rings (SSSR count). The average Bonchev–Trinajstić information content (AvgIpc) is 2.68. The molecule has 1 saturated heterocycles. The molecule has 2 amide bonds. The van der Waals surface area contributed by atoms with E-state index in [1.807, 2.05) is 29.2 Å². The lowest BCUT2D eigenvalue weighted by atomic mass is 9.90. The topological polar surface area (TPSA) is 61.8 Å². The Balaban J connectivity index is 1.43. The zero-order valence-corrected chi connectivity index (χ0v) is 15.0. The van der Waals surface area contributed by atoms with Gasteiger partial charge in [0.2, 0.25) is 0 Å². The first-order valence-corrected chi connectivity index (χ1v) is 9.64. The molecule has 0 aromatic heterocycles. The van der Waals surface area contributed by atoms with E-state index in [2.05, 4.69) is 5.32 Å². The summed E-state index contributed by atoms with van der Waals surface area (Å²) in [6.07, 6.45) is 8.32. The largest absolute Gasteiger partial charge is 0.493 e. The van der Waals surface area contributed by atoms with E-state index < -0.39 is 0 Å². The van der Waals surface area contributed by atoms with Crippen molar-refractivity contribution in [2.75, 3.05) is 31.6 Å². The summed E-state index contributed by atoms with van der Waals surface area (Å²) in [5, 5.41) is 12.1. The fourth-order valence-corrected chi connectivity index (χ4v) is 3.72. The van der Waals surface area contributed by atoms with Gasteiger partial charge < -0.3 is 20.1 Å². The number of nitrogens with one attached hydrogen (secondary N) is 1. The van der Waals surface area contributed by atoms with E-state index >= 15 is 0 Å². The van der Waals surface area contributed by atoms with E-state index in [0.717, 1.165) is 30.9 Å². The van der Waals surface area contributed by atoms with Crippen molar-refractivity contribution >= 4 is 11.7 Å². The standard InChI is InChI=1S/C20H30N2O3/c23-14-16-10-12-22(13-11-16)20(24)21-18-6-8-19(9-7-18)25-15-17-4-2-1-3-5-17/h6-9,16-17,23H,1-5,10-15H2,(H,21,24). The zero-order valence-electron chi connectivity index (χ0n) is 15.0. The number of ether oxygens (including phenoxy) is 1. The van der Waals surface area contributed by atoms with Crippen LogP contribution in [0.5, 0.6) is 5.75 Å². The maximum absolute atomic E-state index is 12.3. The predicted octanol–water partition coefficient (Wildman–Crippen LogP) is 3.88. The summed E-state index contributed by atoms with van der Waals surface area (Å²) in [4.78, 5) is 14.1. The van der Waals surface area contributed by atoms with E-state index in [0.29, 0.717) is 24.9 Å². The quantitative estimate of drug-likeness (QED) is 0.850. The lowest BCUT2D eigenvalue weighted by Gasteiger charge is -2.31. The van der Waals surface area contributed by atoms with Gasteiger partial charge in [-0.15, -0.1) is 0 Å². The number of carbonyl (C=O) groups is 1. The smallest absolute Gasteiger partial charge is 0.321 e. The molecule has 0 bridgehead atoms. The summed E-state index contributed by atoms with van der Waals surface area (Å²) in [7, 11) is 0. The molecule has 1 aromatic rings. The minimum absolute atomic E-state index is 0.0627. The van der Waals surface area contributed by atoms with Crippen molar-refractivity contribution in [1.29, 1.82) is 0 Å². The molecule has 0 atom stereocenters. The number of hydrogen-bond acceptors (Lipinski definition) is 3. The molecule has 138 valence electrons. The number of likely N-dealkylation sites (tertiary alicyclic amines) is 1. The molecule has 1 heterocycles. The highest BCUT2D eigenvalue weighted by Crippen LogP contribution is 2.25. The number of piperidine rings is 1. The number of aliphatic hydroxyl groups is 1. The van der Waals surface area contributed by atoms with Crippen LogP contribution in [0.2, 0.25) is 0 Å². The number of nitrogens with zero attached hydrogens (tertiary/aromatic N) is 1. The zero-order chi connectivity index (χ0) is 17.5. The fraction of sp³-hybridized carbons (Fsp3) is 0.650. The van der Waals surface area contributed by atoms with Crippen LogP contribution in [0.25, 0.3) is 0 Å². The molecular weight excluding hydrogens is 316 g/mol. The summed E-state index contributed by atoms with van der Waals surface area (Å²) in [6.45, 7) is 2.43. The molecule has 2 fully saturated rings. The van der Waals surface area contributed by atoms with Crippen LogP contribution in [0.4, 0.5) is 10.5 Å². The van der Waals surface area contributed by atoms with Crippen LogP contribution in [0.3, 0.4) is 0 Å². The van der Waals surface area contributed by atoms with E-state index in [4.69, 9.17) is 4.74 Å². The number of amides is 2. The third-order valence-electron chi connectivity index (χ3n) is 5.48. The predicted molar refractivity (Wildman–Crippen MR) is 98.9 cm³/mol. The van der Waals surface area contributed by atoms with Crippen LogP contribution in [0.1, 0.15) is 44.9 Å². The van der Waals surface area contributed by atoms with Crippen molar-refractivity contribution in [3.05, 3.63) is 24.3 Å². The second kappa shape index (κ2) is 9.09. The van der Waals surface area contributed by atoms with Gasteiger partial charge >= 0.3 is 6.03 Å². The van der Waals surface area contributed by atoms with Gasteiger partial charge in [0.25, 0.3) is 0 Å². The number of aliphatic hydroxyl groups excluding tert-OH is 1. The number of anilines is 1. The third kappa shape index (κ3) is 5.36. The van der Waals surface area contributed by atoms with Crippen molar-refractivity contribution in [2.24, 2.45) is 11.8 Å². The molecule has 0 unspecified atom stereocenters. The van der Waals surface area contributed by atoms with Gasteiger partial charge in [-0.1, -0.05) is 19.3 Å². The molecule has 0 radical (unpaired) electrons. The van der Waals surface area contributed by atoms with Gasteiger partial charge in [0.05, 0.1) is 6.61 Å². The Morgan fingerprint density at radius 1 is 1.04 bits per heavy atom. The van der Waals surface area contributed by atoms with Gasteiger partial charge in [-0.05, 0) is 61.8 Å². The molecule has 0 spiro atoms. The molecule has 1 aromatic carbocycles. The Morgan fingerprint density at radius 3 is 2.36 bits per heavy atom. The second-order valence-electron chi connectivity index (χ2n) is 7.38. The van der Waals surface area contributed by atoms with Crippen LogP contribution in [0.15, 0.2) is 24.3 Å². The third-order valence-corrected chi connectivity index (χ3v) is 5.48. The number of rotatable bonds is 5. The summed E-state index contributed by atoms with van der Waals surface area (Å²) in [5.74, 6) is 1.90. The lowest BCUT2D eigenvalue weighted by molar-refractivity contribution is 0.143. The monoisotopic (exact) mass is 346 g/mol. The average molecular weight is 346 g/mol. The first-order chi connectivity index (χ1) is 12.2. The minimum Gasteiger partial charge on any atom is -0.493 e. The Bertz CT molecular complexity index is 532. The van der Waals surface area contributed by atoms with Crippen molar-refractivity contribution < 1.29 is 14.6 Å². The van der Waals surface area contributed by atoms with Crippen molar-refractivity contribution in [3.63, 3.8) is 0 Å². The molecule has 1 aliphatic heterocycles. The van der Waals surface area contributed by atoms with Crippen LogP contribution >= 0.6 is 0 Å². The molecular formula is C20H30N2O3. The summed E-state index contributed by atoms with van der Waals surface area (Å²) in [5.41, 5.74) is 0.791. The molecule has 2 N–H and O–H groups in total. The van der Waals surface area contributed by atoms with Crippen molar-refractivity contribution in [3.8, 4) is 5.75 Å². The number of urea groups is 1. The van der Waals surface area contributed by atoms with Gasteiger partial charge in [0.1, 0.15) is 5.75 Å². The van der Waals surface area contributed by atoms with E-state index in [9.17, 15) is 9.90 Å². The normalized spacial score (nSPS) is 19.6. The fourth-order valence-electron chi connectivity index (χ4n) is 3.72. The van der Waals surface area contributed by atoms with Crippen LogP contribution in [0, 0.1) is 11.8 Å². The van der Waals surface area contributed by atoms with Gasteiger partial charge in [-0.2, -0.15) is 0 Å². The Kier molecular flexibility index (Phi) is 6.56. The molecule has 1 saturated carbocycles. The lowest BCUT2D eigenvalue weighted by Crippen LogP contribution is -2.41. The van der Waals surface area contributed by atoms with Gasteiger partial charge in [-0.3, -0.25) is 0 Å². The Labute approximate surface area is 150 Å². The van der Waals surface area contributed by atoms with E-state index in [1.54, 1.807) is 0 Å². The maximum atomic E-state index is 12.3. The van der Waals surface area contributed by atoms with Gasteiger partial charge in [-0.25, -0.2) is 4.79 Å². The Morgan fingerprint density at radius 2 is 1.72 bits per heavy atom. The van der Waals surface area contributed by atoms with Gasteiger partial charge in [0, 0.05) is 25.4 Å². The first kappa shape index (κ1) is 18.1. The molecule has 1 aliphatic carbocycles. The van der Waals surface area contributed by atoms with Crippen molar-refractivity contribution in [2.45, 2.75) is 44.9 Å². The molecule has 5 nitrogen and oxygen atoms in total. The minimum atomic E-state index is -0.0627. The summed E-state index contributed by atoms with van der Waals surface area (Å²) in [6, 6.07) is 7.59. The number of hydrogen-bond donors (Lipinski definition) is 2.